The molecule has 0 heterocycles. The van der Waals surface area contributed by atoms with Crippen LogP contribution in [0.15, 0.2) is 0 Å². The van der Waals surface area contributed by atoms with E-state index in [0.29, 0.717) is 26.2 Å². The minimum atomic E-state index is -0.211. The highest BCUT2D eigenvalue weighted by Crippen LogP contribution is 1.89. The van der Waals surface area contributed by atoms with Gasteiger partial charge in [0.15, 0.2) is 0 Å². The highest BCUT2D eigenvalue weighted by molar-refractivity contribution is 5.69. The van der Waals surface area contributed by atoms with Crippen molar-refractivity contribution in [2.24, 2.45) is 0 Å². The van der Waals surface area contributed by atoms with Crippen LogP contribution >= 0.6 is 0 Å². The van der Waals surface area contributed by atoms with E-state index in [9.17, 15) is 14.4 Å². The summed E-state index contributed by atoms with van der Waals surface area (Å²) >= 11 is 0. The van der Waals surface area contributed by atoms with Crippen molar-refractivity contribution in [3.63, 3.8) is 0 Å². The maximum absolute atomic E-state index is 10.4. The van der Waals surface area contributed by atoms with E-state index in [1.165, 1.54) is 20.3 Å². The lowest BCUT2D eigenvalue weighted by Crippen LogP contribution is -2.01. The zero-order chi connectivity index (χ0) is 20.5. The molecule has 0 aromatic carbocycles. The highest BCUT2D eigenvalue weighted by atomic mass is 16.5. The molecule has 0 aromatic heterocycles. The van der Waals surface area contributed by atoms with Crippen molar-refractivity contribution < 1.29 is 28.6 Å². The smallest absolute Gasteiger partial charge is 0.305 e. The van der Waals surface area contributed by atoms with E-state index in [2.05, 4.69) is 35.0 Å². The minimum absolute atomic E-state index is 0.0880. The second-order valence-corrected chi connectivity index (χ2v) is 4.88. The number of esters is 3. The molecule has 0 spiro atoms. The molecule has 0 amide bonds. The molecule has 0 rings (SSSR count). The molecule has 0 fully saturated rings. The van der Waals surface area contributed by atoms with Crippen LogP contribution in [0.4, 0.5) is 0 Å². The lowest BCUT2D eigenvalue weighted by molar-refractivity contribution is -0.143. The average molecular weight is 365 g/mol. The summed E-state index contributed by atoms with van der Waals surface area (Å²) in [5.41, 5.74) is 0. The number of hydrogen-bond acceptors (Lipinski definition) is 6. The maximum Gasteiger partial charge on any atom is 0.305 e. The summed E-state index contributed by atoms with van der Waals surface area (Å²) < 4.78 is 13.7. The van der Waals surface area contributed by atoms with E-state index in [4.69, 9.17) is 0 Å². The molecule has 6 heteroatoms. The Balaban J connectivity index is -0.000000124. The van der Waals surface area contributed by atoms with Crippen molar-refractivity contribution >= 4 is 17.9 Å². The Morgan fingerprint density at radius 2 is 1.12 bits per heavy atom. The predicted octanol–water partition coefficient (Wildman–Crippen LogP) is 4.68. The molecule has 25 heavy (non-hydrogen) atoms. The number of hydrogen-bond donors (Lipinski definition) is 0. The summed E-state index contributed by atoms with van der Waals surface area (Å²) in [5, 5.41) is 0. The largest absolute Gasteiger partial charge is 0.466 e. The summed E-state index contributed by atoms with van der Waals surface area (Å²) in [6.07, 6.45) is 4.72. The van der Waals surface area contributed by atoms with Crippen LogP contribution in [0.2, 0.25) is 0 Å². The van der Waals surface area contributed by atoms with Crippen molar-refractivity contribution in [1.29, 1.82) is 0 Å². The van der Waals surface area contributed by atoms with E-state index in [1.54, 1.807) is 6.92 Å². The van der Waals surface area contributed by atoms with Crippen LogP contribution in [0, 0.1) is 0 Å². The van der Waals surface area contributed by atoms with Gasteiger partial charge in [-0.05, 0) is 26.7 Å². The van der Waals surface area contributed by atoms with Gasteiger partial charge in [0.2, 0.25) is 0 Å². The van der Waals surface area contributed by atoms with Crippen LogP contribution < -0.4 is 0 Å². The fourth-order valence-corrected chi connectivity index (χ4v) is 1.00. The normalized spacial score (nSPS) is 8.16. The molecule has 6 nitrogen and oxygen atoms in total. The molecule has 0 N–H and O–H groups in total. The van der Waals surface area contributed by atoms with E-state index >= 15 is 0 Å². The zero-order valence-corrected chi connectivity index (χ0v) is 17.6. The lowest BCUT2D eigenvalue weighted by Gasteiger charge is -1.96. The third-order valence-electron chi connectivity index (χ3n) is 1.91. The molecule has 0 radical (unpaired) electrons. The van der Waals surface area contributed by atoms with Gasteiger partial charge in [-0.3, -0.25) is 14.4 Å². The monoisotopic (exact) mass is 364 g/mol. The molecule has 0 saturated carbocycles. The van der Waals surface area contributed by atoms with Crippen LogP contribution in [-0.2, 0) is 28.6 Å². The van der Waals surface area contributed by atoms with Gasteiger partial charge in [-0.15, -0.1) is 0 Å². The number of carbonyl (C=O) groups is 3. The van der Waals surface area contributed by atoms with Gasteiger partial charge in [0.05, 0.1) is 19.8 Å². The second kappa shape index (κ2) is 30.3. The molecule has 0 aromatic rings. The Labute approximate surface area is 154 Å². The highest BCUT2D eigenvalue weighted by Gasteiger charge is 1.95. The summed E-state index contributed by atoms with van der Waals surface area (Å²) in [6, 6.07) is 0. The molecule has 0 bridgehead atoms. The van der Waals surface area contributed by atoms with E-state index in [-0.39, 0.29) is 17.9 Å². The van der Waals surface area contributed by atoms with Gasteiger partial charge in [0.1, 0.15) is 0 Å². The maximum atomic E-state index is 10.4. The molecule has 0 atom stereocenters. The number of carbonyl (C=O) groups excluding carboxylic acids is 3. The topological polar surface area (TPSA) is 78.9 Å². The third kappa shape index (κ3) is 60.6. The molecule has 0 aliphatic carbocycles. The molecule has 0 aliphatic rings. The first kappa shape index (κ1) is 31.2. The molecule has 0 unspecified atom stereocenters. The number of unbranched alkanes of at least 4 members (excludes halogenated alkanes) is 1. The summed E-state index contributed by atoms with van der Waals surface area (Å²) in [4.78, 5) is 30.3. The van der Waals surface area contributed by atoms with Gasteiger partial charge in [-0.2, -0.15) is 0 Å². The van der Waals surface area contributed by atoms with E-state index in [1.807, 2.05) is 13.8 Å². The van der Waals surface area contributed by atoms with E-state index in [0.717, 1.165) is 19.3 Å². The Kier molecular flexibility index (Phi) is 37.8. The predicted molar refractivity (Wildman–Crippen MR) is 101 cm³/mol. The quantitative estimate of drug-likeness (QED) is 0.370. The minimum Gasteiger partial charge on any atom is -0.466 e. The van der Waals surface area contributed by atoms with Gasteiger partial charge >= 0.3 is 17.9 Å². The standard InChI is InChI=1S/2C6H12O2.C4H8O2.C3H8/c1-3-4-5-8-6(2)7;1-3-5-6(7)8-4-2;1-3-6-4(2)5;1-3-2/h2*3-5H2,1-2H3;3H2,1-2H3;3H2,1-2H3. The lowest BCUT2D eigenvalue weighted by atomic mass is 10.3. The molecule has 0 saturated heterocycles. The second-order valence-electron chi connectivity index (χ2n) is 4.88. The van der Waals surface area contributed by atoms with Gasteiger partial charge in [-0.25, -0.2) is 0 Å². The Bertz CT molecular complexity index is 282. The molecular weight excluding hydrogens is 324 g/mol. The first-order valence-corrected chi connectivity index (χ1v) is 9.19. The van der Waals surface area contributed by atoms with Crippen LogP contribution in [0.3, 0.4) is 0 Å². The molecular formula is C19H40O6. The first-order valence-electron chi connectivity index (χ1n) is 9.19. The van der Waals surface area contributed by atoms with Crippen LogP contribution in [0.5, 0.6) is 0 Å². The zero-order valence-electron chi connectivity index (χ0n) is 17.6. The van der Waals surface area contributed by atoms with Gasteiger partial charge in [0.25, 0.3) is 0 Å². The van der Waals surface area contributed by atoms with Crippen molar-refractivity contribution in [3.8, 4) is 0 Å². The summed E-state index contributed by atoms with van der Waals surface area (Å²) in [6.45, 7) is 16.2. The first-order chi connectivity index (χ1) is 11.8. The number of rotatable bonds is 7. The van der Waals surface area contributed by atoms with Crippen LogP contribution in [0.25, 0.3) is 0 Å². The number of ether oxygens (including phenoxy) is 3. The summed E-state index contributed by atoms with van der Waals surface area (Å²) in [7, 11) is 0. The Hall–Kier alpha value is -1.59. The van der Waals surface area contributed by atoms with Gasteiger partial charge < -0.3 is 14.2 Å². The van der Waals surface area contributed by atoms with Crippen molar-refractivity contribution in [1.82, 2.24) is 0 Å². The van der Waals surface area contributed by atoms with Crippen molar-refractivity contribution in [3.05, 3.63) is 0 Å². The van der Waals surface area contributed by atoms with Gasteiger partial charge in [-0.1, -0.05) is 40.5 Å². The van der Waals surface area contributed by atoms with Crippen LogP contribution in [-0.4, -0.2) is 37.7 Å². The van der Waals surface area contributed by atoms with Gasteiger partial charge in [0, 0.05) is 20.3 Å². The fraction of sp³-hybridized carbons (Fsp3) is 0.842. The van der Waals surface area contributed by atoms with Crippen LogP contribution in [0.1, 0.15) is 87.5 Å². The fourth-order valence-electron chi connectivity index (χ4n) is 1.00. The third-order valence-corrected chi connectivity index (χ3v) is 1.91. The van der Waals surface area contributed by atoms with E-state index < -0.39 is 0 Å². The van der Waals surface area contributed by atoms with Crippen molar-refractivity contribution in [2.75, 3.05) is 19.8 Å². The average Bonchev–Trinajstić information content (AvgIpc) is 2.49. The Morgan fingerprint density at radius 1 is 0.680 bits per heavy atom. The molecule has 152 valence electrons. The van der Waals surface area contributed by atoms with Crippen molar-refractivity contribution in [2.45, 2.75) is 87.5 Å². The summed E-state index contributed by atoms with van der Waals surface area (Å²) in [5.74, 6) is -0.481. The Morgan fingerprint density at radius 3 is 1.36 bits per heavy atom. The molecule has 0 aliphatic heterocycles. The SMILES string of the molecule is CCC.CCCC(=O)OCC.CCCCOC(C)=O.CCOC(C)=O.